The molecule has 1 aliphatic rings. The molecule has 7 nitrogen and oxygen atoms in total. The van der Waals surface area contributed by atoms with Gasteiger partial charge in [-0.1, -0.05) is 35.0 Å². The predicted molar refractivity (Wildman–Crippen MR) is 96.9 cm³/mol. The minimum atomic E-state index is -0.433. The second-order valence-electron chi connectivity index (χ2n) is 6.48. The van der Waals surface area contributed by atoms with E-state index in [4.69, 9.17) is 4.52 Å². The molecule has 2 aromatic carbocycles. The van der Waals surface area contributed by atoms with Gasteiger partial charge in [0.2, 0.25) is 11.7 Å². The van der Waals surface area contributed by atoms with Gasteiger partial charge in [-0.05, 0) is 31.4 Å². The zero-order valence-electron chi connectivity index (χ0n) is 14.4. The maximum Gasteiger partial charge on any atom is 0.270 e. The lowest BCUT2D eigenvalue weighted by molar-refractivity contribution is -0.384. The molecule has 0 fully saturated rings. The number of nitro groups is 1. The Morgan fingerprint density at radius 3 is 3.00 bits per heavy atom. The Labute approximate surface area is 150 Å². The van der Waals surface area contributed by atoms with Crippen LogP contribution < -0.4 is 4.90 Å². The molecule has 26 heavy (non-hydrogen) atoms. The van der Waals surface area contributed by atoms with Crippen LogP contribution >= 0.6 is 0 Å². The third-order valence-electron chi connectivity index (χ3n) is 4.56. The van der Waals surface area contributed by atoms with Crippen molar-refractivity contribution in [2.45, 2.75) is 26.3 Å². The molecule has 0 radical (unpaired) electrons. The van der Waals surface area contributed by atoms with Gasteiger partial charge in [-0.25, -0.2) is 0 Å². The topological polar surface area (TPSA) is 85.3 Å². The Kier molecular flexibility index (Phi) is 4.12. The molecular weight excluding hydrogens is 332 g/mol. The highest BCUT2D eigenvalue weighted by molar-refractivity contribution is 5.59. The summed E-state index contributed by atoms with van der Waals surface area (Å²) in [5, 5.41) is 14.9. The van der Waals surface area contributed by atoms with E-state index < -0.39 is 4.92 Å². The van der Waals surface area contributed by atoms with E-state index in [1.54, 1.807) is 12.1 Å². The number of hydrogen-bond donors (Lipinski definition) is 0. The van der Waals surface area contributed by atoms with Crippen molar-refractivity contribution in [2.24, 2.45) is 0 Å². The summed E-state index contributed by atoms with van der Waals surface area (Å²) >= 11 is 0. The molecule has 0 N–H and O–H groups in total. The number of benzene rings is 2. The van der Waals surface area contributed by atoms with Crippen LogP contribution in [0.5, 0.6) is 0 Å². The fraction of sp³-hybridized carbons (Fsp3) is 0.263. The second-order valence-corrected chi connectivity index (χ2v) is 6.48. The highest BCUT2D eigenvalue weighted by atomic mass is 16.6. The first-order valence-electron chi connectivity index (χ1n) is 8.52. The molecule has 7 heteroatoms. The van der Waals surface area contributed by atoms with Crippen molar-refractivity contribution in [1.29, 1.82) is 0 Å². The SMILES string of the molecule is Cc1ccc2c(c1)CCCN2Cc1nc(-c2cccc([N+](=O)[O-])c2)no1. The summed E-state index contributed by atoms with van der Waals surface area (Å²) in [6, 6.07) is 12.7. The van der Waals surface area contributed by atoms with E-state index in [-0.39, 0.29) is 5.69 Å². The monoisotopic (exact) mass is 350 g/mol. The molecule has 0 saturated heterocycles. The van der Waals surface area contributed by atoms with Crippen LogP contribution in [0.2, 0.25) is 0 Å². The van der Waals surface area contributed by atoms with Crippen LogP contribution in [0.4, 0.5) is 11.4 Å². The zero-order chi connectivity index (χ0) is 18.1. The first-order chi connectivity index (χ1) is 12.6. The Bertz CT molecular complexity index is 967. The van der Waals surface area contributed by atoms with Gasteiger partial charge >= 0.3 is 0 Å². The average Bonchev–Trinajstić information content (AvgIpc) is 3.10. The minimum Gasteiger partial charge on any atom is -0.362 e. The summed E-state index contributed by atoms with van der Waals surface area (Å²) in [6.45, 7) is 3.56. The maximum absolute atomic E-state index is 10.9. The molecule has 0 saturated carbocycles. The molecule has 3 aromatic rings. The standard InChI is InChI=1S/C19H18N4O3/c1-13-7-8-17-14(10-13)5-3-9-22(17)12-18-20-19(21-26-18)15-4-2-6-16(11-15)23(24)25/h2,4,6-8,10-11H,3,5,9,12H2,1H3. The molecule has 2 heterocycles. The predicted octanol–water partition coefficient (Wildman–Crippen LogP) is 3.91. The molecular formula is C19H18N4O3. The number of aryl methyl sites for hydroxylation is 2. The Morgan fingerprint density at radius 2 is 2.15 bits per heavy atom. The average molecular weight is 350 g/mol. The van der Waals surface area contributed by atoms with E-state index in [0.29, 0.717) is 23.8 Å². The zero-order valence-corrected chi connectivity index (χ0v) is 14.4. The molecule has 0 spiro atoms. The van der Waals surface area contributed by atoms with E-state index >= 15 is 0 Å². The van der Waals surface area contributed by atoms with Crippen molar-refractivity contribution in [3.05, 3.63) is 69.6 Å². The summed E-state index contributed by atoms with van der Waals surface area (Å²) in [5.41, 5.74) is 4.39. The molecule has 1 aromatic heterocycles. The van der Waals surface area contributed by atoms with Crippen LogP contribution in [0, 0.1) is 17.0 Å². The summed E-state index contributed by atoms with van der Waals surface area (Å²) in [4.78, 5) is 17.2. The van der Waals surface area contributed by atoms with Gasteiger partial charge in [0.15, 0.2) is 0 Å². The lowest BCUT2D eigenvalue weighted by atomic mass is 10.00. The number of fused-ring (bicyclic) bond motifs is 1. The molecule has 1 aliphatic heterocycles. The molecule has 132 valence electrons. The minimum absolute atomic E-state index is 0.00850. The quantitative estimate of drug-likeness (QED) is 0.524. The van der Waals surface area contributed by atoms with E-state index in [1.807, 2.05) is 0 Å². The van der Waals surface area contributed by atoms with Crippen molar-refractivity contribution in [1.82, 2.24) is 10.1 Å². The van der Waals surface area contributed by atoms with Gasteiger partial charge < -0.3 is 9.42 Å². The molecule has 0 atom stereocenters. The number of nitrogens with zero attached hydrogens (tertiary/aromatic N) is 4. The van der Waals surface area contributed by atoms with Gasteiger partial charge in [0.05, 0.1) is 11.5 Å². The second kappa shape index (κ2) is 6.59. The molecule has 0 unspecified atom stereocenters. The van der Waals surface area contributed by atoms with Crippen molar-refractivity contribution < 1.29 is 9.45 Å². The maximum atomic E-state index is 10.9. The van der Waals surface area contributed by atoms with E-state index in [0.717, 1.165) is 19.4 Å². The van der Waals surface area contributed by atoms with Crippen LogP contribution in [0.15, 0.2) is 47.0 Å². The Balaban J connectivity index is 1.57. The molecule has 0 amide bonds. The number of nitro benzene ring substituents is 1. The van der Waals surface area contributed by atoms with Crippen molar-refractivity contribution >= 4 is 11.4 Å². The first kappa shape index (κ1) is 16.3. The summed E-state index contributed by atoms with van der Waals surface area (Å²) in [5.74, 6) is 0.866. The highest BCUT2D eigenvalue weighted by Gasteiger charge is 2.20. The number of rotatable bonds is 4. The number of anilines is 1. The lowest BCUT2D eigenvalue weighted by Crippen LogP contribution is -2.28. The van der Waals surface area contributed by atoms with Gasteiger partial charge in [0.25, 0.3) is 5.69 Å². The summed E-state index contributed by atoms with van der Waals surface area (Å²) in [6.07, 6.45) is 2.17. The van der Waals surface area contributed by atoms with E-state index in [2.05, 4.69) is 40.2 Å². The number of non-ortho nitro benzene ring substituents is 1. The van der Waals surface area contributed by atoms with E-state index in [9.17, 15) is 10.1 Å². The molecule has 0 bridgehead atoms. The smallest absolute Gasteiger partial charge is 0.270 e. The third kappa shape index (κ3) is 3.15. The Morgan fingerprint density at radius 1 is 1.27 bits per heavy atom. The third-order valence-corrected chi connectivity index (χ3v) is 4.56. The van der Waals surface area contributed by atoms with E-state index in [1.165, 1.54) is 28.9 Å². The van der Waals surface area contributed by atoms with Crippen LogP contribution in [0.25, 0.3) is 11.4 Å². The van der Waals surface area contributed by atoms with Gasteiger partial charge in [0.1, 0.15) is 0 Å². The first-order valence-corrected chi connectivity index (χ1v) is 8.52. The van der Waals surface area contributed by atoms with Crippen LogP contribution in [-0.4, -0.2) is 21.6 Å². The highest BCUT2D eigenvalue weighted by Crippen LogP contribution is 2.29. The van der Waals surface area contributed by atoms with Gasteiger partial charge in [-0.3, -0.25) is 10.1 Å². The largest absolute Gasteiger partial charge is 0.362 e. The van der Waals surface area contributed by atoms with Crippen LogP contribution in [-0.2, 0) is 13.0 Å². The summed E-state index contributed by atoms with van der Waals surface area (Å²) < 4.78 is 5.39. The normalized spacial score (nSPS) is 13.5. The van der Waals surface area contributed by atoms with Crippen molar-refractivity contribution in [3.63, 3.8) is 0 Å². The van der Waals surface area contributed by atoms with Crippen molar-refractivity contribution in [2.75, 3.05) is 11.4 Å². The van der Waals surface area contributed by atoms with Gasteiger partial charge in [-0.2, -0.15) is 4.98 Å². The van der Waals surface area contributed by atoms with Crippen molar-refractivity contribution in [3.8, 4) is 11.4 Å². The number of aromatic nitrogens is 2. The summed E-state index contributed by atoms with van der Waals surface area (Å²) in [7, 11) is 0. The fourth-order valence-corrected chi connectivity index (χ4v) is 3.33. The van der Waals surface area contributed by atoms with Gasteiger partial charge in [0, 0.05) is 29.9 Å². The molecule has 4 rings (SSSR count). The van der Waals surface area contributed by atoms with Crippen LogP contribution in [0.1, 0.15) is 23.4 Å². The molecule has 0 aliphatic carbocycles. The Hall–Kier alpha value is -3.22. The van der Waals surface area contributed by atoms with Crippen LogP contribution in [0.3, 0.4) is 0 Å². The number of hydrogen-bond acceptors (Lipinski definition) is 6. The fourth-order valence-electron chi connectivity index (χ4n) is 3.33. The lowest BCUT2D eigenvalue weighted by Gasteiger charge is -2.30. The van der Waals surface area contributed by atoms with Gasteiger partial charge in [-0.15, -0.1) is 0 Å².